The molecule has 1 aliphatic rings. The summed E-state index contributed by atoms with van der Waals surface area (Å²) in [7, 11) is 1.79. The summed E-state index contributed by atoms with van der Waals surface area (Å²) in [6, 6.07) is 6.61. The average molecular weight is 361 g/mol. The first-order valence-electron chi connectivity index (χ1n) is 8.83. The fourth-order valence-electron chi connectivity index (χ4n) is 2.97. The minimum atomic E-state index is -0.554. The number of carbonyl (C=O) groups excluding carboxylic acids is 3. The number of imide groups is 1. The normalized spacial score (nSPS) is 19.1. The molecule has 26 heavy (non-hydrogen) atoms. The number of hydrogen-bond acceptors (Lipinski definition) is 3. The first-order valence-corrected chi connectivity index (χ1v) is 8.83. The molecule has 142 valence electrons. The largest absolute Gasteiger partial charge is 0.347 e. The van der Waals surface area contributed by atoms with Crippen molar-refractivity contribution in [1.82, 2.24) is 10.2 Å². The third-order valence-electron chi connectivity index (χ3n) is 4.16. The van der Waals surface area contributed by atoms with E-state index in [0.29, 0.717) is 5.69 Å². The fraction of sp³-hybridized carbons (Fsp3) is 0.526. The Morgan fingerprint density at radius 2 is 1.77 bits per heavy atom. The van der Waals surface area contributed by atoms with Gasteiger partial charge in [0.1, 0.15) is 6.04 Å². The summed E-state index contributed by atoms with van der Waals surface area (Å²) in [5, 5.41) is 2.89. The molecule has 7 heteroatoms. The maximum Gasteiger partial charge on any atom is 0.336 e. The Labute approximate surface area is 154 Å². The van der Waals surface area contributed by atoms with Crippen LogP contribution in [-0.4, -0.2) is 54.6 Å². The van der Waals surface area contributed by atoms with Crippen molar-refractivity contribution in [1.29, 1.82) is 0 Å². The maximum absolute atomic E-state index is 12.8. The SMILES string of the molecule is Cc1ccc(N2C(=O)N(C[NH+](C)CC(=O)NC(C)(C)C)C(=O)[C@@H]2C)cc1. The summed E-state index contributed by atoms with van der Waals surface area (Å²) in [6.45, 7) is 9.77. The van der Waals surface area contributed by atoms with Gasteiger partial charge in [0.05, 0.1) is 7.05 Å². The number of likely N-dealkylation sites (N-methyl/N-ethyl adjacent to an activating group) is 1. The molecule has 1 aromatic rings. The molecule has 1 unspecified atom stereocenters. The second-order valence-electron chi connectivity index (χ2n) is 8.02. The lowest BCUT2D eigenvalue weighted by Gasteiger charge is -2.24. The number of nitrogens with one attached hydrogen (secondary N) is 2. The molecule has 2 rings (SSSR count). The summed E-state index contributed by atoms with van der Waals surface area (Å²) in [5.74, 6) is -0.358. The Kier molecular flexibility index (Phi) is 5.71. The standard InChI is InChI=1S/C19H28N4O3/c1-13-7-9-15(10-8-13)23-14(2)17(25)22(18(23)26)12-21(6)11-16(24)20-19(3,4)5/h7-10,14H,11-12H2,1-6H3,(H,20,24)/p+1/t14-/m0/s1. The number of anilines is 1. The van der Waals surface area contributed by atoms with Crippen molar-refractivity contribution < 1.29 is 19.3 Å². The van der Waals surface area contributed by atoms with Gasteiger partial charge in [-0.15, -0.1) is 0 Å². The summed E-state index contributed by atoms with van der Waals surface area (Å²) < 4.78 is 0. The van der Waals surface area contributed by atoms with Gasteiger partial charge in [0, 0.05) is 11.2 Å². The zero-order chi connectivity index (χ0) is 19.6. The molecule has 0 spiro atoms. The zero-order valence-corrected chi connectivity index (χ0v) is 16.4. The first kappa shape index (κ1) is 19.9. The molecular formula is C19H29N4O3+. The molecule has 1 aliphatic heterocycles. The van der Waals surface area contributed by atoms with Crippen molar-refractivity contribution >= 4 is 23.5 Å². The predicted molar refractivity (Wildman–Crippen MR) is 99.9 cm³/mol. The molecule has 0 aromatic heterocycles. The molecule has 0 aliphatic carbocycles. The van der Waals surface area contributed by atoms with Gasteiger partial charge >= 0.3 is 6.03 Å². The Balaban J connectivity index is 2.06. The molecule has 1 heterocycles. The molecule has 1 fully saturated rings. The van der Waals surface area contributed by atoms with E-state index in [4.69, 9.17) is 0 Å². The van der Waals surface area contributed by atoms with E-state index in [1.165, 1.54) is 9.80 Å². The van der Waals surface area contributed by atoms with Gasteiger partial charge in [-0.05, 0) is 46.8 Å². The molecule has 7 nitrogen and oxygen atoms in total. The van der Waals surface area contributed by atoms with Gasteiger partial charge in [-0.25, -0.2) is 9.69 Å². The van der Waals surface area contributed by atoms with Gasteiger partial charge in [0.15, 0.2) is 13.2 Å². The second-order valence-corrected chi connectivity index (χ2v) is 8.02. The van der Waals surface area contributed by atoms with E-state index in [1.54, 1.807) is 14.0 Å². The number of carbonyl (C=O) groups is 3. The van der Waals surface area contributed by atoms with Gasteiger partial charge in [0.2, 0.25) is 0 Å². The Morgan fingerprint density at radius 1 is 1.19 bits per heavy atom. The smallest absolute Gasteiger partial charge is 0.336 e. The Hall–Kier alpha value is -2.41. The van der Waals surface area contributed by atoms with Crippen LogP contribution in [0.3, 0.4) is 0 Å². The van der Waals surface area contributed by atoms with Crippen LogP contribution in [0.1, 0.15) is 33.3 Å². The summed E-state index contributed by atoms with van der Waals surface area (Å²) in [6.07, 6.45) is 0. The summed E-state index contributed by atoms with van der Waals surface area (Å²) in [5.41, 5.74) is 1.48. The Morgan fingerprint density at radius 3 is 2.31 bits per heavy atom. The zero-order valence-electron chi connectivity index (χ0n) is 16.4. The lowest BCUT2D eigenvalue weighted by Crippen LogP contribution is -3.12. The van der Waals surface area contributed by atoms with E-state index in [-0.39, 0.29) is 36.6 Å². The summed E-state index contributed by atoms with van der Waals surface area (Å²) >= 11 is 0. The van der Waals surface area contributed by atoms with Crippen LogP contribution in [0, 0.1) is 6.92 Å². The summed E-state index contributed by atoms with van der Waals surface area (Å²) in [4.78, 5) is 40.9. The van der Waals surface area contributed by atoms with Gasteiger partial charge in [-0.1, -0.05) is 17.7 Å². The maximum atomic E-state index is 12.8. The van der Waals surface area contributed by atoms with Gasteiger partial charge in [-0.3, -0.25) is 14.5 Å². The van der Waals surface area contributed by atoms with Crippen molar-refractivity contribution in [3.63, 3.8) is 0 Å². The highest BCUT2D eigenvalue weighted by Gasteiger charge is 2.44. The molecule has 2 N–H and O–H groups in total. The molecule has 4 amide bonds. The van der Waals surface area contributed by atoms with Crippen molar-refractivity contribution in [2.45, 2.75) is 46.2 Å². The number of nitrogens with zero attached hydrogens (tertiary/aromatic N) is 2. The number of hydrogen-bond donors (Lipinski definition) is 2. The van der Waals surface area contributed by atoms with E-state index >= 15 is 0 Å². The lowest BCUT2D eigenvalue weighted by atomic mass is 10.1. The quantitative estimate of drug-likeness (QED) is 0.752. The Bertz CT molecular complexity index is 694. The van der Waals surface area contributed by atoms with E-state index in [1.807, 2.05) is 52.0 Å². The highest BCUT2D eigenvalue weighted by molar-refractivity contribution is 6.13. The topological polar surface area (TPSA) is 74.2 Å². The van der Waals surface area contributed by atoms with E-state index in [9.17, 15) is 14.4 Å². The molecule has 1 saturated heterocycles. The molecule has 2 atom stereocenters. The lowest BCUT2D eigenvalue weighted by molar-refractivity contribution is -0.879. The molecule has 0 saturated carbocycles. The third-order valence-corrected chi connectivity index (χ3v) is 4.16. The molecule has 0 radical (unpaired) electrons. The van der Waals surface area contributed by atoms with Crippen LogP contribution >= 0.6 is 0 Å². The fourth-order valence-corrected chi connectivity index (χ4v) is 2.97. The number of amides is 4. The van der Waals surface area contributed by atoms with Gasteiger partial charge in [-0.2, -0.15) is 0 Å². The van der Waals surface area contributed by atoms with Crippen LogP contribution in [0.4, 0.5) is 10.5 Å². The van der Waals surface area contributed by atoms with Crippen molar-refractivity contribution in [2.75, 3.05) is 25.2 Å². The van der Waals surface area contributed by atoms with Crippen LogP contribution in [0.5, 0.6) is 0 Å². The van der Waals surface area contributed by atoms with Crippen molar-refractivity contribution in [3.05, 3.63) is 29.8 Å². The van der Waals surface area contributed by atoms with E-state index in [2.05, 4.69) is 5.32 Å². The monoisotopic (exact) mass is 361 g/mol. The molecule has 1 aromatic carbocycles. The second kappa shape index (κ2) is 7.45. The van der Waals surface area contributed by atoms with Gasteiger partial charge < -0.3 is 10.2 Å². The first-order chi connectivity index (χ1) is 12.0. The number of rotatable bonds is 5. The molecule has 0 bridgehead atoms. The number of urea groups is 1. The van der Waals surface area contributed by atoms with Crippen LogP contribution < -0.4 is 15.1 Å². The van der Waals surface area contributed by atoms with Gasteiger partial charge in [0.25, 0.3) is 11.8 Å². The van der Waals surface area contributed by atoms with Crippen molar-refractivity contribution in [2.24, 2.45) is 0 Å². The predicted octanol–water partition coefficient (Wildman–Crippen LogP) is 0.539. The van der Waals surface area contributed by atoms with Crippen molar-refractivity contribution in [3.8, 4) is 0 Å². The average Bonchev–Trinajstić information content (AvgIpc) is 2.70. The number of quaternary nitrogens is 1. The van der Waals surface area contributed by atoms with Crippen LogP contribution in [-0.2, 0) is 9.59 Å². The molecular weight excluding hydrogens is 332 g/mol. The van der Waals surface area contributed by atoms with Crippen LogP contribution in [0.15, 0.2) is 24.3 Å². The number of benzene rings is 1. The third kappa shape index (κ3) is 4.60. The van der Waals surface area contributed by atoms with Crippen LogP contribution in [0.25, 0.3) is 0 Å². The number of aryl methyl sites for hydroxylation is 1. The minimum absolute atomic E-state index is 0.113. The minimum Gasteiger partial charge on any atom is -0.347 e. The highest BCUT2D eigenvalue weighted by atomic mass is 16.2. The van der Waals surface area contributed by atoms with Crippen LogP contribution in [0.2, 0.25) is 0 Å². The van der Waals surface area contributed by atoms with E-state index in [0.717, 1.165) is 10.5 Å². The van der Waals surface area contributed by atoms with E-state index < -0.39 is 6.04 Å². The highest BCUT2D eigenvalue weighted by Crippen LogP contribution is 2.25.